The number of hydrogen-bond donors (Lipinski definition) is 2. The number of esters is 1. The van der Waals surface area contributed by atoms with Gasteiger partial charge in [0, 0.05) is 11.3 Å². The highest BCUT2D eigenvalue weighted by Gasteiger charge is 2.32. The molecule has 6 nitrogen and oxygen atoms in total. The zero-order valence-corrected chi connectivity index (χ0v) is 12.5. The highest BCUT2D eigenvalue weighted by Crippen LogP contribution is 2.27. The minimum atomic E-state index is -0.540. The van der Waals surface area contributed by atoms with Crippen LogP contribution in [-0.2, 0) is 16.1 Å². The van der Waals surface area contributed by atoms with E-state index in [0.717, 1.165) is 11.1 Å². The van der Waals surface area contributed by atoms with Crippen LogP contribution in [0.5, 0.6) is 0 Å². The molecule has 1 atom stereocenters. The summed E-state index contributed by atoms with van der Waals surface area (Å²) >= 11 is 0. The quantitative estimate of drug-likeness (QED) is 0.851. The first-order valence-corrected chi connectivity index (χ1v) is 7.16. The topological polar surface area (TPSA) is 80.6 Å². The van der Waals surface area contributed by atoms with Crippen molar-refractivity contribution in [2.45, 2.75) is 19.6 Å². The third kappa shape index (κ3) is 3.26. The Kier molecular flexibility index (Phi) is 4.14. The van der Waals surface area contributed by atoms with Gasteiger partial charge in [-0.05, 0) is 18.6 Å². The van der Waals surface area contributed by atoms with Gasteiger partial charge in [0.1, 0.15) is 6.61 Å². The number of ether oxygens (including phenoxy) is 1. The second-order valence-corrected chi connectivity index (χ2v) is 5.19. The maximum absolute atomic E-state index is 12.5. The molecule has 0 bridgehead atoms. The Morgan fingerprint density at radius 3 is 2.74 bits per heavy atom. The van der Waals surface area contributed by atoms with Crippen molar-refractivity contribution in [2.75, 3.05) is 0 Å². The molecule has 0 saturated heterocycles. The van der Waals surface area contributed by atoms with E-state index in [4.69, 9.17) is 9.15 Å². The predicted molar refractivity (Wildman–Crippen MR) is 82.1 cm³/mol. The summed E-state index contributed by atoms with van der Waals surface area (Å²) in [6.45, 7) is 1.80. The van der Waals surface area contributed by atoms with Crippen LogP contribution in [0.4, 0.5) is 4.79 Å². The number of furan rings is 1. The molecule has 2 heterocycles. The van der Waals surface area contributed by atoms with Gasteiger partial charge < -0.3 is 19.8 Å². The average Bonchev–Trinajstić information content (AvgIpc) is 3.06. The van der Waals surface area contributed by atoms with Crippen LogP contribution < -0.4 is 10.6 Å². The largest absolute Gasteiger partial charge is 0.472 e. The summed E-state index contributed by atoms with van der Waals surface area (Å²) in [5.74, 6) is -0.481. The number of benzene rings is 1. The van der Waals surface area contributed by atoms with Crippen LogP contribution in [0, 0.1) is 0 Å². The molecule has 1 unspecified atom stereocenters. The Bertz CT molecular complexity index is 735. The molecule has 0 radical (unpaired) electrons. The van der Waals surface area contributed by atoms with Crippen molar-refractivity contribution in [2.24, 2.45) is 0 Å². The van der Waals surface area contributed by atoms with E-state index in [1.165, 1.54) is 12.5 Å². The number of amides is 2. The van der Waals surface area contributed by atoms with Crippen LogP contribution >= 0.6 is 0 Å². The first-order chi connectivity index (χ1) is 11.1. The molecule has 23 heavy (non-hydrogen) atoms. The van der Waals surface area contributed by atoms with Gasteiger partial charge in [0.15, 0.2) is 0 Å². The fourth-order valence-corrected chi connectivity index (χ4v) is 2.46. The number of rotatable bonds is 4. The lowest BCUT2D eigenvalue weighted by molar-refractivity contribution is -0.140. The Morgan fingerprint density at radius 1 is 1.26 bits per heavy atom. The first-order valence-electron chi connectivity index (χ1n) is 7.16. The van der Waals surface area contributed by atoms with Gasteiger partial charge in [-0.3, -0.25) is 0 Å². The minimum absolute atomic E-state index is 0.113. The normalized spacial score (nSPS) is 17.4. The SMILES string of the molecule is CC1=C(C(=O)OCc2ccoc2)C(c2ccccc2)NC(=O)N1. The third-order valence-corrected chi connectivity index (χ3v) is 3.57. The number of nitrogens with one attached hydrogen (secondary N) is 2. The summed E-state index contributed by atoms with van der Waals surface area (Å²) in [6.07, 6.45) is 3.03. The highest BCUT2D eigenvalue weighted by atomic mass is 16.5. The van der Waals surface area contributed by atoms with Crippen LogP contribution in [0.15, 0.2) is 64.6 Å². The van der Waals surface area contributed by atoms with Crippen molar-refractivity contribution in [1.82, 2.24) is 10.6 Å². The molecular formula is C17H16N2O4. The van der Waals surface area contributed by atoms with E-state index in [-0.39, 0.29) is 12.6 Å². The molecule has 2 N–H and O–H groups in total. The monoisotopic (exact) mass is 312 g/mol. The fraction of sp³-hybridized carbons (Fsp3) is 0.176. The van der Waals surface area contributed by atoms with Gasteiger partial charge >= 0.3 is 12.0 Å². The van der Waals surface area contributed by atoms with Gasteiger partial charge in [0.25, 0.3) is 0 Å². The molecule has 0 saturated carbocycles. The van der Waals surface area contributed by atoms with E-state index in [2.05, 4.69) is 10.6 Å². The number of hydrogen-bond acceptors (Lipinski definition) is 4. The van der Waals surface area contributed by atoms with E-state index in [0.29, 0.717) is 11.3 Å². The molecule has 2 amide bonds. The molecule has 1 aliphatic rings. The average molecular weight is 312 g/mol. The number of allylic oxidation sites excluding steroid dienone is 1. The summed E-state index contributed by atoms with van der Waals surface area (Å²) in [5, 5.41) is 5.37. The Hall–Kier alpha value is -3.02. The highest BCUT2D eigenvalue weighted by molar-refractivity contribution is 5.95. The molecule has 6 heteroatoms. The number of carbonyl (C=O) groups is 2. The van der Waals surface area contributed by atoms with Gasteiger partial charge in [0.2, 0.25) is 0 Å². The van der Waals surface area contributed by atoms with Crippen LogP contribution in [-0.4, -0.2) is 12.0 Å². The Morgan fingerprint density at radius 2 is 2.04 bits per heavy atom. The minimum Gasteiger partial charge on any atom is -0.472 e. The molecule has 0 spiro atoms. The molecular weight excluding hydrogens is 296 g/mol. The molecule has 0 fully saturated rings. The lowest BCUT2D eigenvalue weighted by Crippen LogP contribution is -2.45. The molecule has 2 aromatic rings. The summed E-state index contributed by atoms with van der Waals surface area (Å²) in [6, 6.07) is 10.1. The second kappa shape index (κ2) is 6.39. The van der Waals surface area contributed by atoms with Gasteiger partial charge in [-0.15, -0.1) is 0 Å². The Balaban J connectivity index is 1.84. The third-order valence-electron chi connectivity index (χ3n) is 3.57. The van der Waals surface area contributed by atoms with E-state index < -0.39 is 12.0 Å². The van der Waals surface area contributed by atoms with Crippen molar-refractivity contribution in [1.29, 1.82) is 0 Å². The number of urea groups is 1. The smallest absolute Gasteiger partial charge is 0.338 e. The van der Waals surface area contributed by atoms with E-state index in [1.807, 2.05) is 30.3 Å². The van der Waals surface area contributed by atoms with Gasteiger partial charge in [-0.25, -0.2) is 9.59 Å². The lowest BCUT2D eigenvalue weighted by Gasteiger charge is -2.28. The van der Waals surface area contributed by atoms with E-state index in [1.54, 1.807) is 13.0 Å². The summed E-state index contributed by atoms with van der Waals surface area (Å²) in [7, 11) is 0. The van der Waals surface area contributed by atoms with Crippen molar-refractivity contribution in [3.63, 3.8) is 0 Å². The van der Waals surface area contributed by atoms with Gasteiger partial charge in [0.05, 0.1) is 24.1 Å². The molecule has 1 aliphatic heterocycles. The van der Waals surface area contributed by atoms with Crippen LogP contribution in [0.2, 0.25) is 0 Å². The van der Waals surface area contributed by atoms with E-state index in [9.17, 15) is 9.59 Å². The van der Waals surface area contributed by atoms with Gasteiger partial charge in [-0.2, -0.15) is 0 Å². The van der Waals surface area contributed by atoms with Crippen LogP contribution in [0.1, 0.15) is 24.1 Å². The predicted octanol–water partition coefficient (Wildman–Crippen LogP) is 2.65. The molecule has 0 aliphatic carbocycles. The standard InChI is InChI=1S/C17H16N2O4/c1-11-14(16(20)23-10-12-7-8-22-9-12)15(19-17(21)18-11)13-5-3-2-4-6-13/h2-9,15H,10H2,1H3,(H2,18,19,21). The molecule has 118 valence electrons. The summed E-state index contributed by atoms with van der Waals surface area (Å²) < 4.78 is 10.3. The zero-order chi connectivity index (χ0) is 16.2. The molecule has 1 aromatic heterocycles. The summed E-state index contributed by atoms with van der Waals surface area (Å²) in [4.78, 5) is 24.2. The van der Waals surface area contributed by atoms with Crippen LogP contribution in [0.3, 0.4) is 0 Å². The first kappa shape index (κ1) is 14.9. The second-order valence-electron chi connectivity index (χ2n) is 5.19. The maximum Gasteiger partial charge on any atom is 0.338 e. The van der Waals surface area contributed by atoms with Gasteiger partial charge in [-0.1, -0.05) is 30.3 Å². The number of carbonyl (C=O) groups excluding carboxylic acids is 2. The lowest BCUT2D eigenvalue weighted by atomic mass is 9.96. The fourth-order valence-electron chi connectivity index (χ4n) is 2.46. The Labute approximate surface area is 133 Å². The van der Waals surface area contributed by atoms with Crippen molar-refractivity contribution < 1.29 is 18.7 Å². The molecule has 1 aromatic carbocycles. The van der Waals surface area contributed by atoms with Crippen molar-refractivity contribution in [3.05, 3.63) is 71.3 Å². The molecule has 3 rings (SSSR count). The van der Waals surface area contributed by atoms with E-state index >= 15 is 0 Å². The van der Waals surface area contributed by atoms with Crippen LogP contribution in [0.25, 0.3) is 0 Å². The summed E-state index contributed by atoms with van der Waals surface area (Å²) in [5.41, 5.74) is 2.46. The maximum atomic E-state index is 12.5. The van der Waals surface area contributed by atoms with Crippen molar-refractivity contribution in [3.8, 4) is 0 Å². The van der Waals surface area contributed by atoms with Crippen molar-refractivity contribution >= 4 is 12.0 Å². The zero-order valence-electron chi connectivity index (χ0n) is 12.5.